The molecular weight excluding hydrogens is 254 g/mol. The normalized spacial score (nSPS) is 39.8. The van der Waals surface area contributed by atoms with E-state index in [1.807, 2.05) is 0 Å². The molecular formula is C8H14ClNO5Si. The van der Waals surface area contributed by atoms with Crippen molar-refractivity contribution in [3.05, 3.63) is 0 Å². The molecule has 0 aromatic rings. The van der Waals surface area contributed by atoms with Crippen LogP contribution < -0.4 is 0 Å². The maximum absolute atomic E-state index is 11.1. The van der Waals surface area contributed by atoms with Gasteiger partial charge in [-0.3, -0.25) is 9.69 Å². The Kier molecular flexibility index (Phi) is 3.83. The first-order valence-electron chi connectivity index (χ1n) is 5.11. The van der Waals surface area contributed by atoms with Gasteiger partial charge in [0.2, 0.25) is 0 Å². The highest BCUT2D eigenvalue weighted by molar-refractivity contribution is 6.69. The maximum atomic E-state index is 11.1. The molecule has 1 N–H and O–H groups in total. The molecule has 2 bridgehead atoms. The van der Waals surface area contributed by atoms with E-state index in [1.165, 1.54) is 0 Å². The summed E-state index contributed by atoms with van der Waals surface area (Å²) >= 11 is 5.81. The van der Waals surface area contributed by atoms with Crippen molar-refractivity contribution in [2.45, 2.75) is 6.04 Å². The van der Waals surface area contributed by atoms with Crippen molar-refractivity contribution in [2.24, 2.45) is 0 Å². The van der Waals surface area contributed by atoms with Crippen LogP contribution in [0.3, 0.4) is 0 Å². The molecule has 3 fully saturated rings. The smallest absolute Gasteiger partial charge is 0.480 e. The summed E-state index contributed by atoms with van der Waals surface area (Å²) in [5.41, 5.74) is 0.166. The average molecular weight is 268 g/mol. The van der Waals surface area contributed by atoms with Gasteiger partial charge in [0.15, 0.2) is 0 Å². The summed E-state index contributed by atoms with van der Waals surface area (Å²) in [5.74, 6) is -0.874. The lowest BCUT2D eigenvalue weighted by Crippen LogP contribution is -2.60. The Morgan fingerprint density at radius 3 is 2.50 bits per heavy atom. The van der Waals surface area contributed by atoms with Crippen LogP contribution in [0.5, 0.6) is 0 Å². The fourth-order valence-corrected chi connectivity index (χ4v) is 4.23. The third-order valence-corrected chi connectivity index (χ3v) is 5.96. The molecule has 0 radical (unpaired) electrons. The van der Waals surface area contributed by atoms with E-state index in [2.05, 4.69) is 0 Å². The number of nitrogens with zero attached hydrogens (tertiary/aromatic N) is 1. The van der Waals surface area contributed by atoms with Crippen LogP contribution in [-0.2, 0) is 18.1 Å². The molecule has 0 unspecified atom stereocenters. The van der Waals surface area contributed by atoms with E-state index in [9.17, 15) is 4.79 Å². The van der Waals surface area contributed by atoms with Gasteiger partial charge >= 0.3 is 14.8 Å². The van der Waals surface area contributed by atoms with Gasteiger partial charge in [0.05, 0.1) is 25.3 Å². The summed E-state index contributed by atoms with van der Waals surface area (Å²) in [6.45, 7) is 2.05. The van der Waals surface area contributed by atoms with Crippen molar-refractivity contribution in [3.63, 3.8) is 0 Å². The van der Waals surface area contributed by atoms with Gasteiger partial charge in [-0.2, -0.15) is 0 Å². The monoisotopic (exact) mass is 267 g/mol. The summed E-state index contributed by atoms with van der Waals surface area (Å²) < 4.78 is 16.6. The van der Waals surface area contributed by atoms with Crippen molar-refractivity contribution < 1.29 is 23.2 Å². The number of fused-ring (bicyclic) bond motifs is 6. The molecule has 0 saturated carbocycles. The number of carboxylic acid groups (broad SMARTS) is 1. The number of carboxylic acids is 1. The average Bonchev–Trinajstić information content (AvgIpc) is 2.15. The van der Waals surface area contributed by atoms with Crippen LogP contribution in [0.25, 0.3) is 0 Å². The minimum atomic E-state index is -2.81. The molecule has 3 aliphatic rings. The molecule has 0 aliphatic carbocycles. The lowest BCUT2D eigenvalue weighted by atomic mass is 10.2. The number of alkyl halides is 1. The maximum Gasteiger partial charge on any atom is 0.516 e. The second-order valence-electron chi connectivity index (χ2n) is 3.71. The van der Waals surface area contributed by atoms with E-state index in [0.717, 1.165) is 0 Å². The van der Waals surface area contributed by atoms with Crippen LogP contribution in [-0.4, -0.2) is 69.2 Å². The van der Waals surface area contributed by atoms with Gasteiger partial charge in [-0.05, 0) is 0 Å². The fourth-order valence-electron chi connectivity index (χ4n) is 1.84. The number of aliphatic carboxylic acids is 1. The first-order chi connectivity index (χ1) is 7.67. The second-order valence-corrected chi connectivity index (χ2v) is 7.02. The van der Waals surface area contributed by atoms with E-state index in [-0.39, 0.29) is 12.1 Å². The van der Waals surface area contributed by atoms with Gasteiger partial charge in [0, 0.05) is 13.1 Å². The number of hydrogen-bond donors (Lipinski definition) is 1. The number of halogens is 1. The summed E-state index contributed by atoms with van der Waals surface area (Å²) in [7, 11) is -2.81. The molecule has 0 spiro atoms. The quantitative estimate of drug-likeness (QED) is 0.539. The first kappa shape index (κ1) is 12.3. The highest BCUT2D eigenvalue weighted by Crippen LogP contribution is 2.19. The molecule has 92 valence electrons. The summed E-state index contributed by atoms with van der Waals surface area (Å²) in [6.07, 6.45) is 0. The van der Waals surface area contributed by atoms with Gasteiger partial charge in [-0.1, -0.05) is 0 Å². The van der Waals surface area contributed by atoms with Crippen molar-refractivity contribution in [1.29, 1.82) is 0 Å². The zero-order valence-electron chi connectivity index (χ0n) is 8.73. The molecule has 3 heterocycles. The zero-order valence-corrected chi connectivity index (χ0v) is 10.5. The summed E-state index contributed by atoms with van der Waals surface area (Å²) in [5, 5.41) is 9.10. The topological polar surface area (TPSA) is 68.2 Å². The molecule has 16 heavy (non-hydrogen) atoms. The number of rotatable bonds is 2. The third-order valence-electron chi connectivity index (χ3n) is 2.75. The molecule has 3 saturated heterocycles. The number of carbonyl (C=O) groups is 1. The van der Waals surface area contributed by atoms with Crippen LogP contribution in [0.4, 0.5) is 0 Å². The Balaban J connectivity index is 2.17. The Morgan fingerprint density at radius 2 is 2.00 bits per heavy atom. The zero-order chi connectivity index (χ0) is 11.6. The lowest BCUT2D eigenvalue weighted by molar-refractivity contribution is -0.148. The van der Waals surface area contributed by atoms with E-state index >= 15 is 0 Å². The van der Waals surface area contributed by atoms with Crippen molar-refractivity contribution in [3.8, 4) is 0 Å². The van der Waals surface area contributed by atoms with Crippen LogP contribution in [0.1, 0.15) is 0 Å². The molecule has 6 nitrogen and oxygen atoms in total. The van der Waals surface area contributed by atoms with Gasteiger partial charge in [0.1, 0.15) is 6.04 Å². The van der Waals surface area contributed by atoms with Crippen LogP contribution in [0.2, 0.25) is 0 Å². The Bertz CT molecular complexity index is 269. The second kappa shape index (κ2) is 4.99. The predicted molar refractivity (Wildman–Crippen MR) is 57.3 cm³/mol. The van der Waals surface area contributed by atoms with Crippen molar-refractivity contribution in [2.75, 3.05) is 38.4 Å². The predicted octanol–water partition coefficient (Wildman–Crippen LogP) is -0.464. The third kappa shape index (κ3) is 2.39. The SMILES string of the molecule is O=C(O)[C@@H]1CO[Si]2(CCl)OCCN1CCO2. The van der Waals surface area contributed by atoms with Gasteiger partial charge in [-0.15, -0.1) is 11.6 Å². The van der Waals surface area contributed by atoms with Gasteiger partial charge in [0.25, 0.3) is 0 Å². The van der Waals surface area contributed by atoms with Crippen LogP contribution in [0, 0.1) is 0 Å². The van der Waals surface area contributed by atoms with Gasteiger partial charge < -0.3 is 18.4 Å². The first-order valence-corrected chi connectivity index (χ1v) is 7.58. The minimum absolute atomic E-state index is 0.0777. The summed E-state index contributed by atoms with van der Waals surface area (Å²) in [6, 6.07) is -0.622. The van der Waals surface area contributed by atoms with Crippen LogP contribution in [0.15, 0.2) is 0 Å². The van der Waals surface area contributed by atoms with Crippen LogP contribution >= 0.6 is 11.6 Å². The molecule has 3 rings (SSSR count). The van der Waals surface area contributed by atoms with E-state index in [4.69, 9.17) is 30.0 Å². The van der Waals surface area contributed by atoms with E-state index < -0.39 is 20.8 Å². The minimum Gasteiger partial charge on any atom is -0.480 e. The molecule has 0 amide bonds. The standard InChI is InChI=1S/C8H14ClNO5Si/c9-6-16-13-3-1-10(2-4-14-16)7(5-15-16)8(11)12/h7H,1-6H2,(H,11,12)/t7-/m0/s1. The highest BCUT2D eigenvalue weighted by atomic mass is 35.5. The van der Waals surface area contributed by atoms with E-state index in [1.54, 1.807) is 4.90 Å². The van der Waals surface area contributed by atoms with Crippen molar-refractivity contribution in [1.82, 2.24) is 4.90 Å². The van der Waals surface area contributed by atoms with E-state index in [0.29, 0.717) is 26.3 Å². The van der Waals surface area contributed by atoms with Gasteiger partial charge in [-0.25, -0.2) is 0 Å². The largest absolute Gasteiger partial charge is 0.516 e. The Hall–Kier alpha value is -0.183. The highest BCUT2D eigenvalue weighted by Gasteiger charge is 2.46. The molecule has 0 aromatic heterocycles. The van der Waals surface area contributed by atoms with Crippen molar-refractivity contribution >= 4 is 26.4 Å². The molecule has 1 atom stereocenters. The fraction of sp³-hybridized carbons (Fsp3) is 0.875. The molecule has 8 heteroatoms. The Labute approximate surface area is 99.4 Å². The Morgan fingerprint density at radius 1 is 1.38 bits per heavy atom. The molecule has 3 aliphatic heterocycles. The lowest BCUT2D eigenvalue weighted by Gasteiger charge is -2.40. The summed E-state index contributed by atoms with van der Waals surface area (Å²) in [4.78, 5) is 12.9. The molecule has 0 aromatic carbocycles. The number of hydrogen-bond acceptors (Lipinski definition) is 5.